The average Bonchev–Trinajstić information content (AvgIpc) is 2.88. The van der Waals surface area contributed by atoms with Gasteiger partial charge in [0, 0.05) is 12.7 Å². The summed E-state index contributed by atoms with van der Waals surface area (Å²) in [4.78, 5) is 14.1. The van der Waals surface area contributed by atoms with Gasteiger partial charge in [0.15, 0.2) is 11.8 Å². The number of rotatable bonds is 4. The molecule has 0 amide bonds. The summed E-state index contributed by atoms with van der Waals surface area (Å²) >= 11 is 0. The van der Waals surface area contributed by atoms with E-state index in [1.807, 2.05) is 4.90 Å². The van der Waals surface area contributed by atoms with Gasteiger partial charge in [0.05, 0.1) is 6.54 Å². The van der Waals surface area contributed by atoms with Gasteiger partial charge in [-0.1, -0.05) is 6.07 Å². The molecule has 0 radical (unpaired) electrons. The third kappa shape index (κ3) is 3.46. The van der Waals surface area contributed by atoms with Crippen LogP contribution in [0.25, 0.3) is 5.65 Å². The third-order valence-corrected chi connectivity index (χ3v) is 4.53. The molecular formula is C15H19F3N4O2. The average molecular weight is 344 g/mol. The van der Waals surface area contributed by atoms with Crippen LogP contribution in [-0.4, -0.2) is 56.1 Å². The monoisotopic (exact) mass is 344 g/mol. The van der Waals surface area contributed by atoms with Crippen molar-refractivity contribution in [1.82, 2.24) is 19.1 Å². The van der Waals surface area contributed by atoms with Crippen molar-refractivity contribution in [3.63, 3.8) is 0 Å². The Bertz CT molecular complexity index is 747. The first kappa shape index (κ1) is 17.0. The molecule has 24 heavy (non-hydrogen) atoms. The van der Waals surface area contributed by atoms with Gasteiger partial charge in [0.2, 0.25) is 0 Å². The molecule has 0 spiro atoms. The summed E-state index contributed by atoms with van der Waals surface area (Å²) in [7, 11) is 0. The Balaban J connectivity index is 1.55. The van der Waals surface area contributed by atoms with E-state index in [-0.39, 0.29) is 5.69 Å². The van der Waals surface area contributed by atoms with Crippen molar-refractivity contribution in [3.8, 4) is 0 Å². The van der Waals surface area contributed by atoms with Gasteiger partial charge in [-0.2, -0.15) is 13.2 Å². The molecule has 0 aliphatic carbocycles. The number of halogens is 3. The van der Waals surface area contributed by atoms with E-state index < -0.39 is 18.2 Å². The lowest BCUT2D eigenvalue weighted by molar-refractivity contribution is -0.223. The number of pyridine rings is 1. The van der Waals surface area contributed by atoms with E-state index in [2.05, 4.69) is 5.10 Å². The number of aliphatic hydroxyl groups excluding tert-OH is 1. The lowest BCUT2D eigenvalue weighted by Gasteiger charge is -2.34. The number of aromatic nitrogens is 3. The Kier molecular flexibility index (Phi) is 4.64. The molecule has 3 rings (SSSR count). The van der Waals surface area contributed by atoms with Crippen molar-refractivity contribution in [2.24, 2.45) is 5.92 Å². The zero-order valence-corrected chi connectivity index (χ0v) is 13.0. The molecule has 0 bridgehead atoms. The number of nitrogens with zero attached hydrogens (tertiary/aromatic N) is 4. The topological polar surface area (TPSA) is 62.8 Å². The number of likely N-dealkylation sites (tertiary alicyclic amines) is 1. The fourth-order valence-electron chi connectivity index (χ4n) is 3.11. The number of alkyl halides is 3. The Morgan fingerprint density at radius 3 is 2.58 bits per heavy atom. The molecule has 0 aromatic carbocycles. The standard InChI is InChI=1S/C15H19F3N4O2/c16-15(17,18)13(23)11-4-7-20(8-5-11)9-10-22-14(24)21-6-2-1-3-12(21)19-22/h1-3,6,11,13,23H,4-5,7-10H2. The summed E-state index contributed by atoms with van der Waals surface area (Å²) in [6.07, 6.45) is -4.58. The van der Waals surface area contributed by atoms with E-state index >= 15 is 0 Å². The molecule has 1 unspecified atom stereocenters. The highest BCUT2D eigenvalue weighted by Gasteiger charge is 2.44. The molecular weight excluding hydrogens is 325 g/mol. The molecule has 1 atom stereocenters. The van der Waals surface area contributed by atoms with Crippen LogP contribution in [0.5, 0.6) is 0 Å². The highest BCUT2D eigenvalue weighted by atomic mass is 19.4. The minimum absolute atomic E-state index is 0.229. The zero-order valence-electron chi connectivity index (χ0n) is 13.0. The maximum atomic E-state index is 12.5. The molecule has 3 heterocycles. The van der Waals surface area contributed by atoms with Gasteiger partial charge < -0.3 is 10.0 Å². The Hall–Kier alpha value is -1.87. The predicted octanol–water partition coefficient (Wildman–Crippen LogP) is 1.13. The molecule has 6 nitrogen and oxygen atoms in total. The minimum atomic E-state index is -4.56. The number of hydrogen-bond donors (Lipinski definition) is 1. The third-order valence-electron chi connectivity index (χ3n) is 4.53. The van der Waals surface area contributed by atoms with Crippen molar-refractivity contribution >= 4 is 5.65 Å². The molecule has 1 aliphatic rings. The maximum Gasteiger partial charge on any atom is 0.414 e. The van der Waals surface area contributed by atoms with E-state index in [1.165, 1.54) is 9.08 Å². The first-order valence-electron chi connectivity index (χ1n) is 7.87. The summed E-state index contributed by atoms with van der Waals surface area (Å²) < 4.78 is 40.4. The summed E-state index contributed by atoms with van der Waals surface area (Å²) in [6, 6.07) is 5.28. The van der Waals surface area contributed by atoms with Crippen molar-refractivity contribution < 1.29 is 18.3 Å². The zero-order chi connectivity index (χ0) is 17.3. The molecule has 1 N–H and O–H groups in total. The molecule has 9 heteroatoms. The van der Waals surface area contributed by atoms with Crippen molar-refractivity contribution in [2.75, 3.05) is 19.6 Å². The fourth-order valence-corrected chi connectivity index (χ4v) is 3.11. The molecule has 132 valence electrons. The largest absolute Gasteiger partial charge is 0.414 e. The number of fused-ring (bicyclic) bond motifs is 1. The SMILES string of the molecule is O=c1n(CCN2CCC(C(O)C(F)(F)F)CC2)nc2ccccn12. The number of hydrogen-bond acceptors (Lipinski definition) is 4. The smallest absolute Gasteiger partial charge is 0.383 e. The van der Waals surface area contributed by atoms with E-state index in [4.69, 9.17) is 0 Å². The quantitative estimate of drug-likeness (QED) is 0.903. The molecule has 2 aromatic rings. The van der Waals surface area contributed by atoms with Crippen molar-refractivity contribution in [3.05, 3.63) is 34.9 Å². The van der Waals surface area contributed by atoms with Crippen molar-refractivity contribution in [2.45, 2.75) is 31.7 Å². The molecule has 1 fully saturated rings. The number of piperidine rings is 1. The summed E-state index contributed by atoms with van der Waals surface area (Å²) in [5, 5.41) is 13.5. The Morgan fingerprint density at radius 1 is 1.25 bits per heavy atom. The maximum absolute atomic E-state index is 12.5. The van der Waals surface area contributed by atoms with Crippen LogP contribution in [-0.2, 0) is 6.54 Å². The van der Waals surface area contributed by atoms with Gasteiger partial charge in [-0.3, -0.25) is 4.40 Å². The highest BCUT2D eigenvalue weighted by Crippen LogP contribution is 2.31. The van der Waals surface area contributed by atoms with Crippen LogP contribution in [0.3, 0.4) is 0 Å². The van der Waals surface area contributed by atoms with Crippen LogP contribution in [0.4, 0.5) is 13.2 Å². The summed E-state index contributed by atoms with van der Waals surface area (Å²) in [6.45, 7) is 1.87. The minimum Gasteiger partial charge on any atom is -0.383 e. The van der Waals surface area contributed by atoms with Gasteiger partial charge in [0.1, 0.15) is 0 Å². The van der Waals surface area contributed by atoms with Gasteiger partial charge in [-0.15, -0.1) is 5.10 Å². The first-order valence-corrected chi connectivity index (χ1v) is 7.87. The van der Waals surface area contributed by atoms with E-state index in [0.717, 1.165) is 0 Å². The van der Waals surface area contributed by atoms with Crippen LogP contribution in [0.2, 0.25) is 0 Å². The van der Waals surface area contributed by atoms with E-state index in [9.17, 15) is 23.1 Å². The van der Waals surface area contributed by atoms with E-state index in [1.54, 1.807) is 24.4 Å². The van der Waals surface area contributed by atoms with Gasteiger partial charge >= 0.3 is 11.9 Å². The Labute approximate surface area is 136 Å². The summed E-state index contributed by atoms with van der Waals surface area (Å²) in [5.74, 6) is -0.751. The molecule has 0 saturated carbocycles. The second-order valence-corrected chi connectivity index (χ2v) is 6.10. The summed E-state index contributed by atoms with van der Waals surface area (Å²) in [5.41, 5.74) is 0.336. The van der Waals surface area contributed by atoms with Crippen molar-refractivity contribution in [1.29, 1.82) is 0 Å². The van der Waals surface area contributed by atoms with Gasteiger partial charge in [-0.05, 0) is 44.0 Å². The normalized spacial score (nSPS) is 19.0. The van der Waals surface area contributed by atoms with E-state index in [0.29, 0.717) is 44.7 Å². The van der Waals surface area contributed by atoms with Gasteiger partial charge in [0.25, 0.3) is 0 Å². The van der Waals surface area contributed by atoms with Crippen LogP contribution < -0.4 is 5.69 Å². The lowest BCUT2D eigenvalue weighted by atomic mass is 9.91. The van der Waals surface area contributed by atoms with Crippen LogP contribution in [0.1, 0.15) is 12.8 Å². The first-order chi connectivity index (χ1) is 11.4. The molecule has 1 aliphatic heterocycles. The molecule has 1 saturated heterocycles. The number of aliphatic hydroxyl groups is 1. The molecule has 2 aromatic heterocycles. The fraction of sp³-hybridized carbons (Fsp3) is 0.600. The predicted molar refractivity (Wildman–Crippen MR) is 80.7 cm³/mol. The lowest BCUT2D eigenvalue weighted by Crippen LogP contribution is -2.44. The highest BCUT2D eigenvalue weighted by molar-refractivity contribution is 5.35. The van der Waals surface area contributed by atoms with Crippen LogP contribution in [0, 0.1) is 5.92 Å². The van der Waals surface area contributed by atoms with Crippen LogP contribution in [0.15, 0.2) is 29.2 Å². The Morgan fingerprint density at radius 2 is 1.96 bits per heavy atom. The second-order valence-electron chi connectivity index (χ2n) is 6.10. The second kappa shape index (κ2) is 6.56. The van der Waals surface area contributed by atoms with Gasteiger partial charge in [-0.25, -0.2) is 9.48 Å². The van der Waals surface area contributed by atoms with Crippen LogP contribution >= 0.6 is 0 Å².